The summed E-state index contributed by atoms with van der Waals surface area (Å²) in [5.74, 6) is 0.592. The van der Waals surface area contributed by atoms with E-state index in [0.717, 1.165) is 5.56 Å². The summed E-state index contributed by atoms with van der Waals surface area (Å²) in [7, 11) is 1.86. The number of halogens is 1. The van der Waals surface area contributed by atoms with Crippen molar-refractivity contribution in [2.75, 3.05) is 7.05 Å². The van der Waals surface area contributed by atoms with Gasteiger partial charge < -0.3 is 5.32 Å². The second-order valence-electron chi connectivity index (χ2n) is 4.07. The maximum absolute atomic E-state index is 13.5. The Morgan fingerprint density at radius 3 is 2.71 bits per heavy atom. The van der Waals surface area contributed by atoms with E-state index in [1.807, 2.05) is 26.1 Å². The highest BCUT2D eigenvalue weighted by molar-refractivity contribution is 5.31. The molecule has 0 saturated heterocycles. The SMILES string of the molecule is CN[C@H](C)c1cc(C2CC2)ccc1F. The molecule has 1 N–H and O–H groups in total. The van der Waals surface area contributed by atoms with Crippen LogP contribution in [-0.2, 0) is 0 Å². The number of hydrogen-bond donors (Lipinski definition) is 1. The summed E-state index contributed by atoms with van der Waals surface area (Å²) < 4.78 is 13.5. The molecular weight excluding hydrogens is 177 g/mol. The molecule has 2 rings (SSSR count). The van der Waals surface area contributed by atoms with Crippen molar-refractivity contribution in [3.05, 3.63) is 35.1 Å². The van der Waals surface area contributed by atoms with Gasteiger partial charge in [0, 0.05) is 11.6 Å². The lowest BCUT2D eigenvalue weighted by Crippen LogP contribution is -2.14. The summed E-state index contributed by atoms with van der Waals surface area (Å²) in [6.07, 6.45) is 2.53. The van der Waals surface area contributed by atoms with E-state index in [1.54, 1.807) is 6.07 Å². The summed E-state index contributed by atoms with van der Waals surface area (Å²) in [5, 5.41) is 3.07. The van der Waals surface area contributed by atoms with Crippen LogP contribution in [0, 0.1) is 5.82 Å². The lowest BCUT2D eigenvalue weighted by molar-refractivity contribution is 0.561. The average molecular weight is 193 g/mol. The molecule has 1 nitrogen and oxygen atoms in total. The molecule has 1 atom stereocenters. The molecule has 0 aliphatic heterocycles. The summed E-state index contributed by atoms with van der Waals surface area (Å²) >= 11 is 0. The molecule has 0 radical (unpaired) electrons. The van der Waals surface area contributed by atoms with Gasteiger partial charge in [-0.2, -0.15) is 0 Å². The fraction of sp³-hybridized carbons (Fsp3) is 0.500. The molecule has 1 aromatic rings. The van der Waals surface area contributed by atoms with Gasteiger partial charge in [-0.3, -0.25) is 0 Å². The van der Waals surface area contributed by atoms with E-state index in [-0.39, 0.29) is 11.9 Å². The zero-order valence-electron chi connectivity index (χ0n) is 8.68. The van der Waals surface area contributed by atoms with Crippen molar-refractivity contribution in [3.8, 4) is 0 Å². The van der Waals surface area contributed by atoms with E-state index >= 15 is 0 Å². The van der Waals surface area contributed by atoms with Gasteiger partial charge in [0.2, 0.25) is 0 Å². The molecule has 1 aliphatic carbocycles. The highest BCUT2D eigenvalue weighted by atomic mass is 19.1. The zero-order chi connectivity index (χ0) is 10.1. The van der Waals surface area contributed by atoms with Gasteiger partial charge in [-0.15, -0.1) is 0 Å². The Balaban J connectivity index is 2.31. The van der Waals surface area contributed by atoms with Crippen molar-refractivity contribution in [1.82, 2.24) is 5.32 Å². The molecule has 1 aromatic carbocycles. The largest absolute Gasteiger partial charge is 0.313 e. The molecule has 1 fully saturated rings. The van der Waals surface area contributed by atoms with Crippen LogP contribution < -0.4 is 5.32 Å². The molecular formula is C12H16FN. The Morgan fingerprint density at radius 1 is 1.43 bits per heavy atom. The summed E-state index contributed by atoms with van der Waals surface area (Å²) in [5.41, 5.74) is 2.08. The Bertz CT molecular complexity index is 331. The van der Waals surface area contributed by atoms with Gasteiger partial charge >= 0.3 is 0 Å². The third-order valence-corrected chi connectivity index (χ3v) is 2.97. The second kappa shape index (κ2) is 3.70. The fourth-order valence-corrected chi connectivity index (χ4v) is 1.72. The maximum Gasteiger partial charge on any atom is 0.127 e. The number of nitrogens with one attached hydrogen (secondary N) is 1. The van der Waals surface area contributed by atoms with Crippen molar-refractivity contribution >= 4 is 0 Å². The lowest BCUT2D eigenvalue weighted by Gasteiger charge is -2.13. The van der Waals surface area contributed by atoms with Crippen LogP contribution in [0.25, 0.3) is 0 Å². The highest BCUT2D eigenvalue weighted by Crippen LogP contribution is 2.40. The first-order valence-corrected chi connectivity index (χ1v) is 5.19. The van der Waals surface area contributed by atoms with Crippen LogP contribution >= 0.6 is 0 Å². The van der Waals surface area contributed by atoms with E-state index in [2.05, 4.69) is 5.32 Å². The summed E-state index contributed by atoms with van der Waals surface area (Å²) in [6, 6.07) is 5.61. The van der Waals surface area contributed by atoms with E-state index in [9.17, 15) is 4.39 Å². The molecule has 14 heavy (non-hydrogen) atoms. The minimum absolute atomic E-state index is 0.0914. The Kier molecular flexibility index (Phi) is 2.55. The van der Waals surface area contributed by atoms with E-state index < -0.39 is 0 Å². The van der Waals surface area contributed by atoms with E-state index in [1.165, 1.54) is 18.4 Å². The third-order valence-electron chi connectivity index (χ3n) is 2.97. The topological polar surface area (TPSA) is 12.0 Å². The second-order valence-corrected chi connectivity index (χ2v) is 4.07. The van der Waals surface area contributed by atoms with Gasteiger partial charge in [-0.1, -0.05) is 12.1 Å². The number of benzene rings is 1. The van der Waals surface area contributed by atoms with Gasteiger partial charge in [0.15, 0.2) is 0 Å². The standard InChI is InChI=1S/C12H16FN/c1-8(14-2)11-7-10(9-3-4-9)5-6-12(11)13/h5-9,14H,3-4H2,1-2H3/t8-/m1/s1. The Hall–Kier alpha value is -0.890. The van der Waals surface area contributed by atoms with Crippen molar-refractivity contribution in [2.45, 2.75) is 31.7 Å². The smallest absolute Gasteiger partial charge is 0.127 e. The van der Waals surface area contributed by atoms with Crippen LogP contribution in [0.5, 0.6) is 0 Å². The molecule has 2 heteroatoms. The molecule has 1 aliphatic rings. The monoisotopic (exact) mass is 193 g/mol. The van der Waals surface area contributed by atoms with Gasteiger partial charge in [0.1, 0.15) is 5.82 Å². The summed E-state index contributed by atoms with van der Waals surface area (Å²) in [4.78, 5) is 0. The van der Waals surface area contributed by atoms with Crippen molar-refractivity contribution < 1.29 is 4.39 Å². The molecule has 0 bridgehead atoms. The maximum atomic E-state index is 13.5. The quantitative estimate of drug-likeness (QED) is 0.778. The molecule has 0 heterocycles. The highest BCUT2D eigenvalue weighted by Gasteiger charge is 2.24. The van der Waals surface area contributed by atoms with Gasteiger partial charge in [-0.05, 0) is 44.4 Å². The Morgan fingerprint density at radius 2 is 2.14 bits per heavy atom. The normalized spacial score (nSPS) is 18.2. The van der Waals surface area contributed by atoms with Crippen molar-refractivity contribution in [1.29, 1.82) is 0 Å². The van der Waals surface area contributed by atoms with Crippen LogP contribution in [0.1, 0.15) is 42.9 Å². The predicted octanol–water partition coefficient (Wildman–Crippen LogP) is 2.98. The molecule has 0 aromatic heterocycles. The average Bonchev–Trinajstić information content (AvgIpc) is 3.01. The van der Waals surface area contributed by atoms with Gasteiger partial charge in [-0.25, -0.2) is 4.39 Å². The first kappa shape index (κ1) is 9.66. The Labute approximate surface area is 84.3 Å². The molecule has 76 valence electrons. The first-order chi connectivity index (χ1) is 6.72. The molecule has 0 spiro atoms. The first-order valence-electron chi connectivity index (χ1n) is 5.19. The van der Waals surface area contributed by atoms with Crippen molar-refractivity contribution in [2.24, 2.45) is 0 Å². The van der Waals surface area contributed by atoms with Crippen LogP contribution in [0.4, 0.5) is 4.39 Å². The van der Waals surface area contributed by atoms with Crippen LogP contribution in [0.2, 0.25) is 0 Å². The van der Waals surface area contributed by atoms with E-state index in [4.69, 9.17) is 0 Å². The number of rotatable bonds is 3. The van der Waals surface area contributed by atoms with Gasteiger partial charge in [0.25, 0.3) is 0 Å². The predicted molar refractivity (Wildman–Crippen MR) is 55.8 cm³/mol. The van der Waals surface area contributed by atoms with Gasteiger partial charge in [0.05, 0.1) is 0 Å². The fourth-order valence-electron chi connectivity index (χ4n) is 1.72. The van der Waals surface area contributed by atoms with Crippen LogP contribution in [0.15, 0.2) is 18.2 Å². The molecule has 1 saturated carbocycles. The zero-order valence-corrected chi connectivity index (χ0v) is 8.68. The molecule has 0 unspecified atom stereocenters. The van der Waals surface area contributed by atoms with Crippen LogP contribution in [-0.4, -0.2) is 7.05 Å². The third kappa shape index (κ3) is 1.80. The minimum atomic E-state index is -0.101. The van der Waals surface area contributed by atoms with Crippen molar-refractivity contribution in [3.63, 3.8) is 0 Å². The summed E-state index contributed by atoms with van der Waals surface area (Å²) in [6.45, 7) is 1.98. The molecule has 0 amide bonds. The minimum Gasteiger partial charge on any atom is -0.313 e. The van der Waals surface area contributed by atoms with E-state index in [0.29, 0.717) is 5.92 Å². The number of hydrogen-bond acceptors (Lipinski definition) is 1. The van der Waals surface area contributed by atoms with Crippen LogP contribution in [0.3, 0.4) is 0 Å². The lowest BCUT2D eigenvalue weighted by atomic mass is 10.0.